The predicted molar refractivity (Wildman–Crippen MR) is 91.4 cm³/mol. The van der Waals surface area contributed by atoms with Crippen molar-refractivity contribution in [1.82, 2.24) is 14.5 Å². The lowest BCUT2D eigenvalue weighted by molar-refractivity contribution is 0.0527. The topological polar surface area (TPSA) is 57.0 Å². The van der Waals surface area contributed by atoms with Crippen molar-refractivity contribution in [2.45, 2.75) is 6.92 Å². The molecule has 0 atom stereocenters. The third-order valence-electron chi connectivity index (χ3n) is 3.90. The molecule has 2 aromatic rings. The van der Waals surface area contributed by atoms with Crippen LogP contribution in [0.3, 0.4) is 0 Å². The summed E-state index contributed by atoms with van der Waals surface area (Å²) in [4.78, 5) is 21.6. The molecule has 1 aliphatic heterocycles. The summed E-state index contributed by atoms with van der Waals surface area (Å²) < 4.78 is 7.10. The summed E-state index contributed by atoms with van der Waals surface area (Å²) in [5, 5.41) is 0. The van der Waals surface area contributed by atoms with Gasteiger partial charge in [0.2, 0.25) is 0 Å². The average Bonchev–Trinajstić information content (AvgIpc) is 3.09. The Labute approximate surface area is 138 Å². The highest BCUT2D eigenvalue weighted by Gasteiger charge is 2.26. The summed E-state index contributed by atoms with van der Waals surface area (Å²) in [5.74, 6) is 0.169. The summed E-state index contributed by atoms with van der Waals surface area (Å²) in [6.07, 6.45) is 1.69. The highest BCUT2D eigenvalue weighted by Crippen LogP contribution is 2.32. The smallest absolute Gasteiger partial charge is 0.342 e. The van der Waals surface area contributed by atoms with Crippen LogP contribution < -0.4 is 0 Å². The first-order valence-electron chi connectivity index (χ1n) is 7.78. The summed E-state index contributed by atoms with van der Waals surface area (Å²) >= 11 is 0. The molecule has 118 valence electrons. The molecule has 0 N–H and O–H groups in total. The maximum absolute atomic E-state index is 12.6. The van der Waals surface area contributed by atoms with Crippen LogP contribution in [0.2, 0.25) is 0 Å². The quantitative estimate of drug-likeness (QED) is 0.541. The Kier molecular flexibility index (Phi) is 3.46. The number of carbonyl (C=O) groups excluding carboxylic acids is 1. The Hall–Kier alpha value is -3.21. The van der Waals surface area contributed by atoms with Crippen LogP contribution in [0, 0.1) is 0 Å². The van der Waals surface area contributed by atoms with E-state index in [9.17, 15) is 4.79 Å². The number of rotatable bonds is 3. The highest BCUT2D eigenvalue weighted by molar-refractivity contribution is 6.02. The van der Waals surface area contributed by atoms with E-state index in [0.717, 1.165) is 22.3 Å². The average molecular weight is 317 g/mol. The van der Waals surface area contributed by atoms with Crippen LogP contribution in [-0.4, -0.2) is 27.1 Å². The van der Waals surface area contributed by atoms with Crippen molar-refractivity contribution < 1.29 is 9.53 Å². The number of carbonyl (C=O) groups is 1. The van der Waals surface area contributed by atoms with E-state index in [1.807, 2.05) is 59.2 Å². The van der Waals surface area contributed by atoms with Gasteiger partial charge in [-0.05, 0) is 25.1 Å². The van der Waals surface area contributed by atoms with Gasteiger partial charge in [-0.15, -0.1) is 0 Å². The molecule has 0 saturated heterocycles. The third kappa shape index (κ3) is 2.22. The van der Waals surface area contributed by atoms with Crippen molar-refractivity contribution in [3.8, 4) is 17.1 Å². The maximum atomic E-state index is 12.6. The number of hydrogen-bond donors (Lipinski definition) is 0. The van der Waals surface area contributed by atoms with Crippen LogP contribution in [-0.2, 0) is 4.74 Å². The zero-order valence-electron chi connectivity index (χ0n) is 13.1. The minimum atomic E-state index is -0.376. The Morgan fingerprint density at radius 2 is 1.88 bits per heavy atom. The van der Waals surface area contributed by atoms with E-state index in [0.29, 0.717) is 18.0 Å². The van der Waals surface area contributed by atoms with Crippen LogP contribution in [0.4, 0.5) is 0 Å². The van der Waals surface area contributed by atoms with Crippen molar-refractivity contribution in [3.63, 3.8) is 0 Å². The molecule has 0 unspecified atom stereocenters. The van der Waals surface area contributed by atoms with Gasteiger partial charge in [0, 0.05) is 5.56 Å². The molecule has 0 fully saturated rings. The van der Waals surface area contributed by atoms with Crippen molar-refractivity contribution in [1.29, 1.82) is 0 Å². The van der Waals surface area contributed by atoms with Gasteiger partial charge in [-0.2, -0.15) is 0 Å². The van der Waals surface area contributed by atoms with Crippen LogP contribution in [0.5, 0.6) is 0 Å². The molecule has 4 rings (SSSR count). The molecule has 0 spiro atoms. The van der Waals surface area contributed by atoms with Crippen LogP contribution in [0.15, 0.2) is 60.9 Å². The summed E-state index contributed by atoms with van der Waals surface area (Å²) in [6, 6.07) is 17.2. The van der Waals surface area contributed by atoms with Gasteiger partial charge in [0.15, 0.2) is 5.82 Å². The van der Waals surface area contributed by atoms with Gasteiger partial charge in [-0.3, -0.25) is 4.57 Å². The normalized spacial score (nSPS) is 11.0. The Morgan fingerprint density at radius 3 is 2.75 bits per heavy atom. The first-order chi connectivity index (χ1) is 11.8. The number of imidazole rings is 1. The lowest BCUT2D eigenvalue weighted by Crippen LogP contribution is -2.08. The largest absolute Gasteiger partial charge is 0.462 e. The number of esters is 1. The fourth-order valence-electron chi connectivity index (χ4n) is 2.84. The van der Waals surface area contributed by atoms with Gasteiger partial charge in [0.1, 0.15) is 11.9 Å². The fraction of sp³-hybridized carbons (Fsp3) is 0.105. The molecule has 1 aromatic carbocycles. The lowest BCUT2D eigenvalue weighted by atomic mass is 10.1. The fourth-order valence-corrected chi connectivity index (χ4v) is 2.84. The van der Waals surface area contributed by atoms with Gasteiger partial charge >= 0.3 is 5.97 Å². The molecular formula is C19H15N3O2. The van der Waals surface area contributed by atoms with E-state index in [-0.39, 0.29) is 5.97 Å². The van der Waals surface area contributed by atoms with E-state index in [2.05, 4.69) is 9.97 Å². The molecular weight excluding hydrogens is 302 g/mol. The Morgan fingerprint density at radius 1 is 1.08 bits per heavy atom. The van der Waals surface area contributed by atoms with Crippen molar-refractivity contribution >= 4 is 17.0 Å². The second-order valence-corrected chi connectivity index (χ2v) is 5.34. The number of hydrogen-bond acceptors (Lipinski definition) is 4. The summed E-state index contributed by atoms with van der Waals surface area (Å²) in [6.45, 7) is 2.11. The van der Waals surface area contributed by atoms with Gasteiger partial charge in [0.25, 0.3) is 0 Å². The molecule has 1 aromatic heterocycles. The standard InChI is InChI=1S/C19H15N3O2/c1-2-24-19(23)17-13-8-4-3-5-9-14(13)21-18(17)22-12-20-15-10-6-7-11-16(15)22/h3-12H,2H2,1H3. The number of benzene rings is 1. The molecule has 0 saturated carbocycles. The molecule has 0 bridgehead atoms. The number of para-hydroxylation sites is 2. The molecule has 2 aliphatic rings. The molecule has 5 heteroatoms. The van der Waals surface area contributed by atoms with Gasteiger partial charge in [-0.1, -0.05) is 36.4 Å². The lowest BCUT2D eigenvalue weighted by Gasteiger charge is -2.05. The van der Waals surface area contributed by atoms with Crippen LogP contribution >= 0.6 is 0 Å². The Bertz CT molecular complexity index is 1010. The van der Waals surface area contributed by atoms with E-state index in [1.54, 1.807) is 13.3 Å². The van der Waals surface area contributed by atoms with Gasteiger partial charge < -0.3 is 4.74 Å². The monoisotopic (exact) mass is 317 g/mol. The van der Waals surface area contributed by atoms with E-state index >= 15 is 0 Å². The summed E-state index contributed by atoms with van der Waals surface area (Å²) in [7, 11) is 0. The van der Waals surface area contributed by atoms with Crippen molar-refractivity contribution in [2.75, 3.05) is 6.61 Å². The van der Waals surface area contributed by atoms with Gasteiger partial charge in [0.05, 0.1) is 23.3 Å². The van der Waals surface area contributed by atoms with E-state index in [1.165, 1.54) is 0 Å². The predicted octanol–water partition coefficient (Wildman–Crippen LogP) is 3.70. The molecule has 0 amide bonds. The first-order valence-corrected chi connectivity index (χ1v) is 7.78. The van der Waals surface area contributed by atoms with Gasteiger partial charge in [-0.25, -0.2) is 14.8 Å². The number of fused-ring (bicyclic) bond motifs is 2. The molecule has 5 nitrogen and oxygen atoms in total. The summed E-state index contributed by atoms with van der Waals surface area (Å²) in [5.41, 5.74) is 3.73. The zero-order chi connectivity index (χ0) is 16.5. The maximum Gasteiger partial charge on any atom is 0.342 e. The molecule has 1 aliphatic carbocycles. The van der Waals surface area contributed by atoms with Crippen LogP contribution in [0.1, 0.15) is 17.3 Å². The Balaban J connectivity index is 2.02. The number of nitrogens with zero attached hydrogens (tertiary/aromatic N) is 3. The van der Waals surface area contributed by atoms with Crippen LogP contribution in [0.25, 0.3) is 28.1 Å². The zero-order valence-corrected chi connectivity index (χ0v) is 13.1. The number of ether oxygens (including phenoxy) is 1. The SMILES string of the molecule is CCOC(=O)c1c2cccccc-2nc1-n1cnc2ccccc21. The minimum Gasteiger partial charge on any atom is -0.462 e. The van der Waals surface area contributed by atoms with Crippen molar-refractivity contribution in [3.05, 3.63) is 66.5 Å². The molecule has 0 radical (unpaired) electrons. The number of aromatic nitrogens is 3. The second kappa shape index (κ2) is 5.77. The minimum absolute atomic E-state index is 0.314. The van der Waals surface area contributed by atoms with Crippen molar-refractivity contribution in [2.24, 2.45) is 0 Å². The third-order valence-corrected chi connectivity index (χ3v) is 3.90. The first kappa shape index (κ1) is 14.4. The molecule has 24 heavy (non-hydrogen) atoms. The highest BCUT2D eigenvalue weighted by atomic mass is 16.5. The van der Waals surface area contributed by atoms with E-state index < -0.39 is 0 Å². The van der Waals surface area contributed by atoms with E-state index in [4.69, 9.17) is 4.74 Å². The molecule has 2 heterocycles. The second-order valence-electron chi connectivity index (χ2n) is 5.34.